The molecule has 1 N–H and O–H groups in total. The lowest BCUT2D eigenvalue weighted by Crippen LogP contribution is -2.18. The quantitative estimate of drug-likeness (QED) is 0.388. The van der Waals surface area contributed by atoms with Gasteiger partial charge in [0.1, 0.15) is 16.9 Å². The summed E-state index contributed by atoms with van der Waals surface area (Å²) < 4.78 is 35.2. The SMILES string of the molecule is CCOC(=O)c1c(C)oc2ccc(C=NNS(=O)(=O)c3ccc(C)cc3)cc12. The molecular weight excluding hydrogens is 380 g/mol. The van der Waals surface area contributed by atoms with Crippen LogP contribution >= 0.6 is 0 Å². The molecule has 0 fully saturated rings. The van der Waals surface area contributed by atoms with Crippen LogP contribution in [0.25, 0.3) is 11.0 Å². The number of nitrogens with zero attached hydrogens (tertiary/aromatic N) is 1. The molecule has 1 aromatic heterocycles. The Morgan fingerprint density at radius 3 is 2.57 bits per heavy atom. The molecule has 2 aromatic carbocycles. The molecular formula is C20H20N2O5S. The summed E-state index contributed by atoms with van der Waals surface area (Å²) in [6.45, 7) is 5.55. The number of hydrazone groups is 1. The molecule has 0 unspecified atom stereocenters. The highest BCUT2D eigenvalue weighted by molar-refractivity contribution is 7.89. The molecule has 0 saturated carbocycles. The van der Waals surface area contributed by atoms with E-state index in [1.54, 1.807) is 44.2 Å². The molecule has 8 heteroatoms. The second kappa shape index (κ2) is 7.85. The van der Waals surface area contributed by atoms with Gasteiger partial charge in [0.2, 0.25) is 0 Å². The molecule has 0 saturated heterocycles. The molecule has 1 heterocycles. The van der Waals surface area contributed by atoms with Crippen LogP contribution in [0.2, 0.25) is 0 Å². The maximum absolute atomic E-state index is 12.3. The average molecular weight is 400 g/mol. The van der Waals surface area contributed by atoms with Gasteiger partial charge in [-0.25, -0.2) is 9.63 Å². The van der Waals surface area contributed by atoms with E-state index < -0.39 is 16.0 Å². The van der Waals surface area contributed by atoms with Crippen molar-refractivity contribution in [1.29, 1.82) is 0 Å². The second-order valence-corrected chi connectivity index (χ2v) is 7.84. The Kier molecular flexibility index (Phi) is 5.51. The van der Waals surface area contributed by atoms with Crippen molar-refractivity contribution in [2.75, 3.05) is 6.61 Å². The second-order valence-electron chi connectivity index (χ2n) is 6.18. The van der Waals surface area contributed by atoms with Gasteiger partial charge in [-0.05, 0) is 56.7 Å². The number of hydrogen-bond acceptors (Lipinski definition) is 6. The van der Waals surface area contributed by atoms with Gasteiger partial charge in [0.05, 0.1) is 17.7 Å². The average Bonchev–Trinajstić information content (AvgIpc) is 2.97. The molecule has 0 amide bonds. The van der Waals surface area contributed by atoms with Crippen LogP contribution in [0.1, 0.15) is 34.2 Å². The molecule has 146 valence electrons. The first-order valence-corrected chi connectivity index (χ1v) is 10.1. The normalized spacial score (nSPS) is 11.8. The molecule has 0 aliphatic rings. The van der Waals surface area contributed by atoms with Crippen LogP contribution in [0.5, 0.6) is 0 Å². The number of carbonyl (C=O) groups excluding carboxylic acids is 1. The minimum atomic E-state index is -3.76. The molecule has 0 radical (unpaired) electrons. The first kappa shape index (κ1) is 19.6. The Bertz CT molecular complexity index is 1150. The van der Waals surface area contributed by atoms with Crippen molar-refractivity contribution in [3.63, 3.8) is 0 Å². The Labute approximate surface area is 163 Å². The van der Waals surface area contributed by atoms with Gasteiger partial charge in [0.25, 0.3) is 10.0 Å². The summed E-state index contributed by atoms with van der Waals surface area (Å²) in [4.78, 5) is 14.5. The summed E-state index contributed by atoms with van der Waals surface area (Å²) in [6.07, 6.45) is 1.36. The Balaban J connectivity index is 1.85. The number of benzene rings is 2. The zero-order chi connectivity index (χ0) is 20.3. The number of furan rings is 1. The topological polar surface area (TPSA) is 98.0 Å². The lowest BCUT2D eigenvalue weighted by Gasteiger charge is -2.03. The van der Waals surface area contributed by atoms with E-state index in [-0.39, 0.29) is 11.5 Å². The maximum Gasteiger partial charge on any atom is 0.342 e. The summed E-state index contributed by atoms with van der Waals surface area (Å²) in [5.74, 6) is -0.00414. The Hall–Kier alpha value is -3.13. The standard InChI is InChI=1S/C20H20N2O5S/c1-4-26-20(23)19-14(3)27-18-10-7-15(11-17(18)19)12-21-22-28(24,25)16-8-5-13(2)6-9-16/h5-12,22H,4H2,1-3H3. The number of nitrogens with one attached hydrogen (secondary N) is 1. The zero-order valence-corrected chi connectivity index (χ0v) is 16.5. The molecule has 7 nitrogen and oxygen atoms in total. The monoisotopic (exact) mass is 400 g/mol. The van der Waals surface area contributed by atoms with Crippen LogP contribution in [0.3, 0.4) is 0 Å². The van der Waals surface area contributed by atoms with Gasteiger partial charge in [-0.3, -0.25) is 0 Å². The number of esters is 1. The minimum Gasteiger partial charge on any atom is -0.462 e. The van der Waals surface area contributed by atoms with Crippen molar-refractivity contribution in [3.8, 4) is 0 Å². The number of ether oxygens (including phenoxy) is 1. The van der Waals surface area contributed by atoms with Gasteiger partial charge in [-0.15, -0.1) is 0 Å². The minimum absolute atomic E-state index is 0.126. The first-order chi connectivity index (χ1) is 13.3. The predicted octanol–water partition coefficient (Wildman–Crippen LogP) is 3.54. The van der Waals surface area contributed by atoms with E-state index in [1.165, 1.54) is 18.3 Å². The van der Waals surface area contributed by atoms with Gasteiger partial charge in [-0.2, -0.15) is 13.5 Å². The van der Waals surface area contributed by atoms with Crippen LogP contribution < -0.4 is 4.83 Å². The van der Waals surface area contributed by atoms with Crippen LogP contribution in [-0.4, -0.2) is 27.2 Å². The van der Waals surface area contributed by atoms with Crippen molar-refractivity contribution in [1.82, 2.24) is 4.83 Å². The largest absolute Gasteiger partial charge is 0.462 e. The van der Waals surface area contributed by atoms with Gasteiger partial charge in [0.15, 0.2) is 0 Å². The molecule has 0 aliphatic heterocycles. The van der Waals surface area contributed by atoms with E-state index >= 15 is 0 Å². The zero-order valence-electron chi connectivity index (χ0n) is 15.7. The molecule has 28 heavy (non-hydrogen) atoms. The third-order valence-corrected chi connectivity index (χ3v) is 5.32. The van der Waals surface area contributed by atoms with Gasteiger partial charge >= 0.3 is 5.97 Å². The van der Waals surface area contributed by atoms with E-state index in [4.69, 9.17) is 9.15 Å². The van der Waals surface area contributed by atoms with Crippen molar-refractivity contribution in [3.05, 3.63) is 64.9 Å². The third-order valence-electron chi connectivity index (χ3n) is 4.09. The molecule has 3 rings (SSSR count). The van der Waals surface area contributed by atoms with Crippen LogP contribution in [0.4, 0.5) is 0 Å². The van der Waals surface area contributed by atoms with Crippen LogP contribution in [-0.2, 0) is 14.8 Å². The highest BCUT2D eigenvalue weighted by Crippen LogP contribution is 2.27. The third kappa shape index (κ3) is 4.07. The Morgan fingerprint density at radius 2 is 1.89 bits per heavy atom. The van der Waals surface area contributed by atoms with E-state index in [2.05, 4.69) is 9.93 Å². The molecule has 3 aromatic rings. The molecule has 0 bridgehead atoms. The summed E-state index contributed by atoms with van der Waals surface area (Å²) in [7, 11) is -3.76. The van der Waals surface area contributed by atoms with Crippen molar-refractivity contribution >= 4 is 33.2 Å². The van der Waals surface area contributed by atoms with Crippen molar-refractivity contribution < 1.29 is 22.4 Å². The van der Waals surface area contributed by atoms with Crippen LogP contribution in [0.15, 0.2) is 56.9 Å². The summed E-state index contributed by atoms with van der Waals surface area (Å²) in [5, 5.41) is 4.41. The summed E-state index contributed by atoms with van der Waals surface area (Å²) >= 11 is 0. The van der Waals surface area contributed by atoms with Crippen LogP contribution in [0, 0.1) is 13.8 Å². The van der Waals surface area contributed by atoms with Gasteiger partial charge < -0.3 is 9.15 Å². The smallest absolute Gasteiger partial charge is 0.342 e. The fourth-order valence-electron chi connectivity index (χ4n) is 2.72. The number of hydrogen-bond donors (Lipinski definition) is 1. The van der Waals surface area contributed by atoms with Gasteiger partial charge in [-0.1, -0.05) is 17.7 Å². The lowest BCUT2D eigenvalue weighted by molar-refractivity contribution is 0.0526. The van der Waals surface area contributed by atoms with E-state index in [0.29, 0.717) is 27.9 Å². The fourth-order valence-corrected chi connectivity index (χ4v) is 3.51. The fraction of sp³-hybridized carbons (Fsp3) is 0.200. The summed E-state index contributed by atoms with van der Waals surface area (Å²) in [6, 6.07) is 11.6. The number of aryl methyl sites for hydroxylation is 2. The predicted molar refractivity (Wildman–Crippen MR) is 106 cm³/mol. The van der Waals surface area contributed by atoms with Crippen molar-refractivity contribution in [2.24, 2.45) is 5.10 Å². The van der Waals surface area contributed by atoms with E-state index in [9.17, 15) is 13.2 Å². The van der Waals surface area contributed by atoms with Gasteiger partial charge in [0, 0.05) is 5.39 Å². The van der Waals surface area contributed by atoms with E-state index in [1.807, 2.05) is 6.92 Å². The number of sulfonamides is 1. The number of carbonyl (C=O) groups is 1. The highest BCUT2D eigenvalue weighted by Gasteiger charge is 2.19. The number of fused-ring (bicyclic) bond motifs is 1. The maximum atomic E-state index is 12.3. The first-order valence-electron chi connectivity index (χ1n) is 8.63. The van der Waals surface area contributed by atoms with Crippen molar-refractivity contribution in [2.45, 2.75) is 25.7 Å². The molecule has 0 atom stereocenters. The lowest BCUT2D eigenvalue weighted by atomic mass is 10.1. The molecule has 0 aliphatic carbocycles. The summed E-state index contributed by atoms with van der Waals surface area (Å²) in [5.41, 5.74) is 2.46. The van der Waals surface area contributed by atoms with E-state index in [0.717, 1.165) is 5.56 Å². The highest BCUT2D eigenvalue weighted by atomic mass is 32.2. The number of rotatable bonds is 6. The Morgan fingerprint density at radius 1 is 1.18 bits per heavy atom. The molecule has 0 spiro atoms.